The van der Waals surface area contributed by atoms with E-state index in [0.717, 1.165) is 61.5 Å². The molecule has 166 valence electrons. The van der Waals surface area contributed by atoms with Crippen molar-refractivity contribution in [3.05, 3.63) is 35.1 Å². The van der Waals surface area contributed by atoms with Crippen molar-refractivity contribution in [3.63, 3.8) is 0 Å². The lowest BCUT2D eigenvalue weighted by Crippen LogP contribution is -2.53. The van der Waals surface area contributed by atoms with E-state index in [1.54, 1.807) is 17.5 Å². The van der Waals surface area contributed by atoms with Crippen LogP contribution in [0.4, 0.5) is 0 Å². The third-order valence-electron chi connectivity index (χ3n) is 8.28. The number of nitrogens with zero attached hydrogens (tertiary/aromatic N) is 3. The number of pyridine rings is 1. The molecule has 1 aliphatic heterocycles. The molecular formula is C25H33N3O2S. The largest absolute Gasteiger partial charge is 0.392 e. The molecule has 0 aromatic carbocycles. The van der Waals surface area contributed by atoms with Crippen LogP contribution >= 0.6 is 11.3 Å². The smallest absolute Gasteiger partial charge is 0.225 e. The van der Waals surface area contributed by atoms with Crippen molar-refractivity contribution in [2.24, 2.45) is 23.2 Å². The van der Waals surface area contributed by atoms with Crippen LogP contribution in [0.15, 0.2) is 24.5 Å². The molecule has 2 aromatic heterocycles. The van der Waals surface area contributed by atoms with Gasteiger partial charge < -0.3 is 10.0 Å². The minimum atomic E-state index is -0.466. The quantitative estimate of drug-likeness (QED) is 0.764. The number of hydrogen-bond acceptors (Lipinski definition) is 5. The molecule has 1 amide bonds. The van der Waals surface area contributed by atoms with E-state index >= 15 is 0 Å². The van der Waals surface area contributed by atoms with Gasteiger partial charge >= 0.3 is 0 Å². The summed E-state index contributed by atoms with van der Waals surface area (Å²) in [5.74, 6) is 0.472. The number of hydrogen-bond donors (Lipinski definition) is 1. The first-order chi connectivity index (χ1) is 14.9. The molecule has 3 aliphatic rings. The Morgan fingerprint density at radius 2 is 2.13 bits per heavy atom. The molecular weight excluding hydrogens is 406 g/mol. The molecule has 1 N–H and O–H groups in total. The zero-order chi connectivity index (χ0) is 21.8. The number of rotatable bonds is 3. The summed E-state index contributed by atoms with van der Waals surface area (Å²) in [6.07, 6.45) is 8.35. The Morgan fingerprint density at radius 3 is 2.84 bits per heavy atom. The number of aliphatic hydroxyl groups is 1. The van der Waals surface area contributed by atoms with Crippen LogP contribution in [0.3, 0.4) is 0 Å². The van der Waals surface area contributed by atoms with E-state index in [2.05, 4.69) is 24.9 Å². The first-order valence-corrected chi connectivity index (χ1v) is 12.6. The van der Waals surface area contributed by atoms with Gasteiger partial charge in [-0.05, 0) is 61.5 Å². The average Bonchev–Trinajstić information content (AvgIpc) is 3.43. The summed E-state index contributed by atoms with van der Waals surface area (Å²) >= 11 is 1.78. The molecule has 5 rings (SSSR count). The van der Waals surface area contributed by atoms with Crippen LogP contribution in [0.5, 0.6) is 0 Å². The van der Waals surface area contributed by atoms with E-state index in [4.69, 9.17) is 4.98 Å². The Bertz CT molecular complexity index is 955. The SMILES string of the molecule is CC(C(=O)N1CCCC1)C1CCC2(C)Cc3sc(-c4cccnc4)nc3C(C)C2C1O. The van der Waals surface area contributed by atoms with Crippen LogP contribution in [0.1, 0.15) is 62.9 Å². The molecule has 3 heterocycles. The first-order valence-electron chi connectivity index (χ1n) is 11.8. The monoisotopic (exact) mass is 439 g/mol. The molecule has 2 aliphatic carbocycles. The molecule has 1 saturated heterocycles. The van der Waals surface area contributed by atoms with Crippen molar-refractivity contribution in [1.29, 1.82) is 0 Å². The van der Waals surface area contributed by atoms with Crippen molar-refractivity contribution >= 4 is 17.2 Å². The van der Waals surface area contributed by atoms with Crippen molar-refractivity contribution in [2.45, 2.75) is 64.9 Å². The predicted octanol–water partition coefficient (Wildman–Crippen LogP) is 4.52. The van der Waals surface area contributed by atoms with Gasteiger partial charge in [0.05, 0.1) is 11.8 Å². The van der Waals surface area contributed by atoms with E-state index in [0.29, 0.717) is 0 Å². The Kier molecular flexibility index (Phi) is 5.41. The van der Waals surface area contributed by atoms with Gasteiger partial charge in [0.2, 0.25) is 5.91 Å². The molecule has 2 fully saturated rings. The fourth-order valence-corrected chi connectivity index (χ4v) is 7.92. The summed E-state index contributed by atoms with van der Waals surface area (Å²) in [7, 11) is 0. The zero-order valence-corrected chi connectivity index (χ0v) is 19.6. The summed E-state index contributed by atoms with van der Waals surface area (Å²) in [6, 6.07) is 4.01. The second kappa shape index (κ2) is 7.96. The van der Waals surface area contributed by atoms with Crippen LogP contribution in [0.2, 0.25) is 0 Å². The second-order valence-corrected chi connectivity index (χ2v) is 11.3. The average molecular weight is 440 g/mol. The highest BCUT2D eigenvalue weighted by molar-refractivity contribution is 7.15. The highest BCUT2D eigenvalue weighted by atomic mass is 32.1. The Morgan fingerprint density at radius 1 is 1.35 bits per heavy atom. The van der Waals surface area contributed by atoms with Crippen LogP contribution < -0.4 is 0 Å². The minimum Gasteiger partial charge on any atom is -0.392 e. The maximum atomic E-state index is 13.1. The van der Waals surface area contributed by atoms with Crippen LogP contribution in [-0.4, -0.2) is 45.1 Å². The maximum absolute atomic E-state index is 13.1. The number of aromatic nitrogens is 2. The number of fused-ring (bicyclic) bond motifs is 2. The molecule has 1 saturated carbocycles. The Hall–Kier alpha value is -1.79. The van der Waals surface area contributed by atoms with Gasteiger partial charge in [-0.25, -0.2) is 4.98 Å². The van der Waals surface area contributed by atoms with Gasteiger partial charge in [0.25, 0.3) is 0 Å². The molecule has 0 bridgehead atoms. The number of carbonyl (C=O) groups excluding carboxylic acids is 1. The van der Waals surface area contributed by atoms with Crippen LogP contribution in [-0.2, 0) is 11.2 Å². The molecule has 6 atom stereocenters. The number of amides is 1. The summed E-state index contributed by atoms with van der Waals surface area (Å²) in [5, 5.41) is 12.6. The van der Waals surface area contributed by atoms with Gasteiger partial charge in [0, 0.05) is 47.8 Å². The highest BCUT2D eigenvalue weighted by Crippen LogP contribution is 2.57. The van der Waals surface area contributed by atoms with Crippen LogP contribution in [0.25, 0.3) is 10.6 Å². The minimum absolute atomic E-state index is 0.0339. The van der Waals surface area contributed by atoms with Crippen LogP contribution in [0, 0.1) is 23.2 Å². The lowest BCUT2D eigenvalue weighted by atomic mass is 9.53. The third kappa shape index (κ3) is 3.52. The molecule has 2 aromatic rings. The summed E-state index contributed by atoms with van der Waals surface area (Å²) < 4.78 is 0. The molecule has 0 radical (unpaired) electrons. The van der Waals surface area contributed by atoms with Crippen molar-refractivity contribution in [3.8, 4) is 10.6 Å². The van der Waals surface area contributed by atoms with E-state index in [-0.39, 0.29) is 35.0 Å². The molecule has 31 heavy (non-hydrogen) atoms. The highest BCUT2D eigenvalue weighted by Gasteiger charge is 2.54. The first kappa shape index (κ1) is 21.1. The summed E-state index contributed by atoms with van der Waals surface area (Å²) in [6.45, 7) is 8.37. The maximum Gasteiger partial charge on any atom is 0.225 e. The lowest BCUT2D eigenvalue weighted by molar-refractivity contribution is -0.143. The van der Waals surface area contributed by atoms with E-state index in [9.17, 15) is 9.90 Å². The Labute approximate surface area is 188 Å². The molecule has 5 nitrogen and oxygen atoms in total. The van der Waals surface area contributed by atoms with Crippen molar-refractivity contribution in [1.82, 2.24) is 14.9 Å². The zero-order valence-electron chi connectivity index (χ0n) is 18.8. The van der Waals surface area contributed by atoms with Gasteiger partial charge in [0.1, 0.15) is 5.01 Å². The van der Waals surface area contributed by atoms with Gasteiger partial charge in [-0.15, -0.1) is 11.3 Å². The van der Waals surface area contributed by atoms with Crippen molar-refractivity contribution in [2.75, 3.05) is 13.1 Å². The Balaban J connectivity index is 1.42. The fraction of sp³-hybridized carbons (Fsp3) is 0.640. The van der Waals surface area contributed by atoms with Gasteiger partial charge in [-0.2, -0.15) is 0 Å². The van der Waals surface area contributed by atoms with Gasteiger partial charge in [0.15, 0.2) is 0 Å². The standard InChI is InChI=1S/C25H33N3O2S/c1-15(24(30)28-11-4-5-12-28)18-8-9-25(3)13-19-21(16(2)20(25)22(18)29)27-23(31-19)17-7-6-10-26-14-17/h6-7,10,14-16,18,20,22,29H,4-5,8-9,11-13H2,1-3H3. The van der Waals surface area contributed by atoms with Crippen molar-refractivity contribution < 1.29 is 9.90 Å². The number of thiazole rings is 1. The summed E-state index contributed by atoms with van der Waals surface area (Å²) in [5.41, 5.74) is 2.26. The predicted molar refractivity (Wildman–Crippen MR) is 123 cm³/mol. The number of likely N-dealkylation sites (tertiary alicyclic amines) is 1. The topological polar surface area (TPSA) is 66.3 Å². The molecule has 6 unspecified atom stereocenters. The lowest BCUT2D eigenvalue weighted by Gasteiger charge is -2.53. The number of aliphatic hydroxyl groups excluding tert-OH is 1. The summed E-state index contributed by atoms with van der Waals surface area (Å²) in [4.78, 5) is 25.7. The van der Waals surface area contributed by atoms with Gasteiger partial charge in [-0.1, -0.05) is 20.8 Å². The fourth-order valence-electron chi connectivity index (χ4n) is 6.57. The van der Waals surface area contributed by atoms with E-state index < -0.39 is 6.10 Å². The molecule has 0 spiro atoms. The molecule has 6 heteroatoms. The second-order valence-electron chi connectivity index (χ2n) is 10.2. The van der Waals surface area contributed by atoms with E-state index in [1.807, 2.05) is 24.1 Å². The van der Waals surface area contributed by atoms with E-state index in [1.165, 1.54) is 4.88 Å². The third-order valence-corrected chi connectivity index (χ3v) is 9.40. The normalized spacial score (nSPS) is 33.6. The number of carbonyl (C=O) groups is 1. The van der Waals surface area contributed by atoms with Gasteiger partial charge in [-0.3, -0.25) is 9.78 Å².